The summed E-state index contributed by atoms with van der Waals surface area (Å²) in [6.07, 6.45) is -4.42. The lowest BCUT2D eigenvalue weighted by molar-refractivity contribution is -0.274. The average molecular weight is 462 g/mol. The summed E-state index contributed by atoms with van der Waals surface area (Å²) in [5.41, 5.74) is 5.14. The molecule has 174 valence electrons. The van der Waals surface area contributed by atoms with Crippen LogP contribution < -0.4 is 26.6 Å². The van der Waals surface area contributed by atoms with Crippen LogP contribution in [0.25, 0.3) is 0 Å². The van der Waals surface area contributed by atoms with E-state index in [-0.39, 0.29) is 30.2 Å². The van der Waals surface area contributed by atoms with Crippen molar-refractivity contribution < 1.29 is 22.7 Å². The molecule has 33 heavy (non-hydrogen) atoms. The zero-order valence-electron chi connectivity index (χ0n) is 17.6. The van der Waals surface area contributed by atoms with Gasteiger partial charge in [0.05, 0.1) is 6.54 Å². The minimum atomic E-state index is -4.87. The standard InChI is InChI=1S/C22H21F3N4O4/c1-2-12-28(20(31)15-8-10-16(11-9-15)33-22(23,24)25)17-18(26)29(21(32)27-19(17)30)13-14-6-4-3-5-7-14/h3-11H,2,12-13,26H2,1H3,(H,27,30,32). The van der Waals surface area contributed by atoms with E-state index in [2.05, 4.69) is 9.72 Å². The molecule has 1 heterocycles. The topological polar surface area (TPSA) is 110 Å². The van der Waals surface area contributed by atoms with Gasteiger partial charge in [0.2, 0.25) is 0 Å². The fourth-order valence-corrected chi connectivity index (χ4v) is 3.25. The van der Waals surface area contributed by atoms with Gasteiger partial charge in [0.25, 0.3) is 11.5 Å². The van der Waals surface area contributed by atoms with E-state index in [0.29, 0.717) is 6.42 Å². The predicted molar refractivity (Wildman–Crippen MR) is 116 cm³/mol. The number of anilines is 2. The number of amides is 1. The lowest BCUT2D eigenvalue weighted by atomic mass is 10.1. The summed E-state index contributed by atoms with van der Waals surface area (Å²) in [7, 11) is 0. The maximum absolute atomic E-state index is 13.2. The number of nitrogens with one attached hydrogen (secondary N) is 1. The summed E-state index contributed by atoms with van der Waals surface area (Å²) in [6.45, 7) is 1.91. The first-order valence-electron chi connectivity index (χ1n) is 9.95. The van der Waals surface area contributed by atoms with E-state index >= 15 is 0 Å². The molecule has 0 saturated heterocycles. The molecule has 3 rings (SSSR count). The number of carbonyl (C=O) groups excluding carboxylic acids is 1. The Morgan fingerprint density at radius 3 is 2.30 bits per heavy atom. The van der Waals surface area contributed by atoms with Gasteiger partial charge in [-0.3, -0.25) is 19.1 Å². The number of H-pyrrole nitrogens is 1. The van der Waals surface area contributed by atoms with E-state index in [4.69, 9.17) is 5.73 Å². The summed E-state index contributed by atoms with van der Waals surface area (Å²) < 4.78 is 42.1. The van der Waals surface area contributed by atoms with Crippen molar-refractivity contribution in [1.29, 1.82) is 0 Å². The summed E-state index contributed by atoms with van der Waals surface area (Å²) >= 11 is 0. The van der Waals surface area contributed by atoms with Crippen molar-refractivity contribution in [3.05, 3.63) is 86.6 Å². The van der Waals surface area contributed by atoms with Crippen molar-refractivity contribution in [1.82, 2.24) is 9.55 Å². The number of aromatic amines is 1. The van der Waals surface area contributed by atoms with E-state index in [0.717, 1.165) is 39.3 Å². The molecule has 1 amide bonds. The number of nitrogen functional groups attached to an aromatic ring is 1. The number of aromatic nitrogens is 2. The van der Waals surface area contributed by atoms with Crippen molar-refractivity contribution in [2.24, 2.45) is 0 Å². The number of hydrogen-bond acceptors (Lipinski definition) is 5. The van der Waals surface area contributed by atoms with Gasteiger partial charge in [0, 0.05) is 12.1 Å². The number of benzene rings is 2. The van der Waals surface area contributed by atoms with Crippen LogP contribution in [0.4, 0.5) is 24.7 Å². The van der Waals surface area contributed by atoms with Crippen LogP contribution in [-0.2, 0) is 6.54 Å². The van der Waals surface area contributed by atoms with Crippen molar-refractivity contribution in [3.63, 3.8) is 0 Å². The fraction of sp³-hybridized carbons (Fsp3) is 0.227. The Hall–Kier alpha value is -4.02. The highest BCUT2D eigenvalue weighted by atomic mass is 19.4. The molecule has 0 spiro atoms. The SMILES string of the molecule is CCCN(C(=O)c1ccc(OC(F)(F)F)cc1)c1c(N)n(Cc2ccccc2)c(=O)[nH]c1=O. The van der Waals surface area contributed by atoms with Crippen molar-refractivity contribution in [2.45, 2.75) is 26.3 Å². The Balaban J connectivity index is 2.00. The second-order valence-corrected chi connectivity index (χ2v) is 7.09. The van der Waals surface area contributed by atoms with E-state index in [1.54, 1.807) is 37.3 Å². The molecule has 0 aliphatic carbocycles. The Kier molecular flexibility index (Phi) is 6.90. The van der Waals surface area contributed by atoms with Gasteiger partial charge in [-0.15, -0.1) is 13.2 Å². The fourth-order valence-electron chi connectivity index (χ4n) is 3.25. The number of nitrogens with two attached hydrogens (primary N) is 1. The molecular formula is C22H21F3N4O4. The molecule has 2 aromatic carbocycles. The van der Waals surface area contributed by atoms with Gasteiger partial charge in [0.1, 0.15) is 11.6 Å². The molecule has 0 saturated carbocycles. The average Bonchev–Trinajstić information content (AvgIpc) is 2.75. The first-order chi connectivity index (χ1) is 15.6. The number of hydrogen-bond donors (Lipinski definition) is 2. The number of ether oxygens (including phenoxy) is 1. The minimum absolute atomic E-state index is 0.0117. The van der Waals surface area contributed by atoms with Gasteiger partial charge in [0.15, 0.2) is 5.69 Å². The molecule has 8 nitrogen and oxygen atoms in total. The number of rotatable bonds is 7. The summed E-state index contributed by atoms with van der Waals surface area (Å²) in [4.78, 5) is 41.5. The van der Waals surface area contributed by atoms with Crippen LogP contribution >= 0.6 is 0 Å². The molecule has 1 aromatic heterocycles. The maximum Gasteiger partial charge on any atom is 0.573 e. The second-order valence-electron chi connectivity index (χ2n) is 7.09. The van der Waals surface area contributed by atoms with Crippen molar-refractivity contribution >= 4 is 17.4 Å². The Morgan fingerprint density at radius 1 is 1.09 bits per heavy atom. The molecule has 0 unspecified atom stereocenters. The highest BCUT2D eigenvalue weighted by molar-refractivity contribution is 6.07. The first kappa shape index (κ1) is 23.6. The normalized spacial score (nSPS) is 11.3. The van der Waals surface area contributed by atoms with Crippen LogP contribution in [-0.4, -0.2) is 28.4 Å². The van der Waals surface area contributed by atoms with Crippen molar-refractivity contribution in [3.8, 4) is 5.75 Å². The van der Waals surface area contributed by atoms with E-state index in [1.807, 2.05) is 0 Å². The molecule has 11 heteroatoms. The van der Waals surface area contributed by atoms with Gasteiger partial charge >= 0.3 is 12.1 Å². The zero-order valence-corrected chi connectivity index (χ0v) is 17.6. The quantitative estimate of drug-likeness (QED) is 0.561. The smallest absolute Gasteiger partial charge is 0.406 e. The Bertz CT molecular complexity index is 1240. The largest absolute Gasteiger partial charge is 0.573 e. The second kappa shape index (κ2) is 9.63. The third kappa shape index (κ3) is 5.62. The summed E-state index contributed by atoms with van der Waals surface area (Å²) in [5.74, 6) is -1.36. The molecule has 3 aromatic rings. The number of nitrogens with zero attached hydrogens (tertiary/aromatic N) is 2. The number of halogens is 3. The molecular weight excluding hydrogens is 441 g/mol. The Labute approximate surface area is 186 Å². The van der Waals surface area contributed by atoms with E-state index in [1.165, 1.54) is 0 Å². The van der Waals surface area contributed by atoms with Gasteiger partial charge < -0.3 is 15.4 Å². The molecule has 0 aliphatic rings. The van der Waals surface area contributed by atoms with Crippen LogP contribution in [0.15, 0.2) is 64.2 Å². The van der Waals surface area contributed by atoms with Gasteiger partial charge in [-0.05, 0) is 36.2 Å². The highest BCUT2D eigenvalue weighted by Gasteiger charge is 2.31. The van der Waals surface area contributed by atoms with Crippen molar-refractivity contribution in [2.75, 3.05) is 17.2 Å². The molecule has 0 atom stereocenters. The number of carbonyl (C=O) groups is 1. The monoisotopic (exact) mass is 462 g/mol. The van der Waals surface area contributed by atoms with Crippen LogP contribution in [0, 0.1) is 0 Å². The highest BCUT2D eigenvalue weighted by Crippen LogP contribution is 2.25. The van der Waals surface area contributed by atoms with Crippen LogP contribution in [0.1, 0.15) is 29.3 Å². The molecule has 3 N–H and O–H groups in total. The van der Waals surface area contributed by atoms with Crippen LogP contribution in [0.5, 0.6) is 5.75 Å². The van der Waals surface area contributed by atoms with E-state index in [9.17, 15) is 27.6 Å². The lowest BCUT2D eigenvalue weighted by Gasteiger charge is -2.24. The van der Waals surface area contributed by atoms with Crippen LogP contribution in [0.2, 0.25) is 0 Å². The van der Waals surface area contributed by atoms with Gasteiger partial charge in [-0.1, -0.05) is 37.3 Å². The maximum atomic E-state index is 13.2. The molecule has 0 bridgehead atoms. The minimum Gasteiger partial charge on any atom is -0.406 e. The lowest BCUT2D eigenvalue weighted by Crippen LogP contribution is -2.41. The number of alkyl halides is 3. The molecule has 0 fully saturated rings. The first-order valence-corrected chi connectivity index (χ1v) is 9.95. The predicted octanol–water partition coefficient (Wildman–Crippen LogP) is 3.12. The third-order valence-corrected chi connectivity index (χ3v) is 4.69. The van der Waals surface area contributed by atoms with Gasteiger partial charge in [-0.2, -0.15) is 0 Å². The third-order valence-electron chi connectivity index (χ3n) is 4.69. The summed E-state index contributed by atoms with van der Waals surface area (Å²) in [5, 5.41) is 0. The zero-order chi connectivity index (χ0) is 24.2. The summed E-state index contributed by atoms with van der Waals surface area (Å²) in [6, 6.07) is 13.2. The Morgan fingerprint density at radius 2 is 1.73 bits per heavy atom. The van der Waals surface area contributed by atoms with Gasteiger partial charge in [-0.25, -0.2) is 4.79 Å². The van der Waals surface area contributed by atoms with Crippen LogP contribution in [0.3, 0.4) is 0 Å². The molecule has 0 aliphatic heterocycles. The molecule has 0 radical (unpaired) electrons. The van der Waals surface area contributed by atoms with E-state index < -0.39 is 29.3 Å².